The minimum atomic E-state index is -2.95. The number of rotatable bonds is 0. The summed E-state index contributed by atoms with van der Waals surface area (Å²) in [7, 11) is -2.95. The number of hydrogen-bond donors (Lipinski definition) is 1. The van der Waals surface area contributed by atoms with Crippen molar-refractivity contribution in [3.63, 3.8) is 0 Å². The maximum Gasteiger partial charge on any atom is 0.212 e. The minimum Gasteiger partial charge on any atom is -0.212 e. The van der Waals surface area contributed by atoms with Gasteiger partial charge in [0.25, 0.3) is 0 Å². The average Bonchev–Trinajstić information content (AvgIpc) is 2.45. The minimum absolute atomic E-state index is 0.276. The predicted octanol–water partition coefficient (Wildman–Crippen LogP) is 1.89. The van der Waals surface area contributed by atoms with Crippen LogP contribution >= 0.6 is 0 Å². The first kappa shape index (κ1) is 11.0. The van der Waals surface area contributed by atoms with Gasteiger partial charge in [-0.25, -0.2) is 13.1 Å². The molecule has 0 amide bonds. The van der Waals surface area contributed by atoms with E-state index < -0.39 is 10.0 Å². The summed E-state index contributed by atoms with van der Waals surface area (Å²) < 4.78 is 26.3. The highest BCUT2D eigenvalue weighted by atomic mass is 32.2. The molecule has 0 spiro atoms. The zero-order valence-electron chi connectivity index (χ0n) is 9.69. The molecule has 3 nitrogen and oxygen atoms in total. The Morgan fingerprint density at radius 3 is 2.44 bits per heavy atom. The van der Waals surface area contributed by atoms with Gasteiger partial charge in [-0.2, -0.15) is 0 Å². The third-order valence-corrected chi connectivity index (χ3v) is 6.33. The number of sulfonamides is 1. The van der Waals surface area contributed by atoms with Crippen LogP contribution in [-0.2, 0) is 10.0 Å². The van der Waals surface area contributed by atoms with Crippen molar-refractivity contribution in [2.45, 2.75) is 51.0 Å². The first-order chi connectivity index (χ1) is 7.66. The predicted molar refractivity (Wildman–Crippen MR) is 63.5 cm³/mol. The van der Waals surface area contributed by atoms with E-state index in [-0.39, 0.29) is 6.04 Å². The van der Waals surface area contributed by atoms with Crippen LogP contribution in [-0.4, -0.2) is 20.2 Å². The SMILES string of the molecule is O=S1(=O)CC2CCCC3CCCCC3C2N1. The van der Waals surface area contributed by atoms with Gasteiger partial charge in [-0.05, 0) is 30.6 Å². The molecular weight excluding hydrogens is 222 g/mol. The third-order valence-electron chi connectivity index (χ3n) is 4.84. The Morgan fingerprint density at radius 2 is 1.56 bits per heavy atom. The number of fused-ring (bicyclic) bond motifs is 3. The van der Waals surface area contributed by atoms with Crippen LogP contribution in [0.2, 0.25) is 0 Å². The lowest BCUT2D eigenvalue weighted by molar-refractivity contribution is 0.183. The van der Waals surface area contributed by atoms with Crippen molar-refractivity contribution < 1.29 is 8.42 Å². The van der Waals surface area contributed by atoms with Gasteiger partial charge in [0.2, 0.25) is 10.0 Å². The highest BCUT2D eigenvalue weighted by Gasteiger charge is 2.45. The second kappa shape index (κ2) is 3.98. The van der Waals surface area contributed by atoms with Crippen molar-refractivity contribution in [1.82, 2.24) is 4.72 Å². The summed E-state index contributed by atoms with van der Waals surface area (Å²) in [6.07, 6.45) is 8.91. The fraction of sp³-hybridized carbons (Fsp3) is 1.00. The lowest BCUT2D eigenvalue weighted by Crippen LogP contribution is -2.40. The second-order valence-corrected chi connectivity index (χ2v) is 7.62. The largest absolute Gasteiger partial charge is 0.212 e. The fourth-order valence-electron chi connectivity index (χ4n) is 4.15. The van der Waals surface area contributed by atoms with Crippen molar-refractivity contribution in [2.75, 3.05) is 5.75 Å². The van der Waals surface area contributed by atoms with Gasteiger partial charge in [0, 0.05) is 6.04 Å². The second-order valence-electron chi connectivity index (χ2n) is 5.82. The summed E-state index contributed by atoms with van der Waals surface area (Å²) in [6.45, 7) is 0. The zero-order chi connectivity index (χ0) is 11.2. The summed E-state index contributed by atoms with van der Waals surface area (Å²) in [4.78, 5) is 0. The van der Waals surface area contributed by atoms with Gasteiger partial charge in [0.15, 0.2) is 0 Å². The van der Waals surface area contributed by atoms with Crippen LogP contribution in [0.4, 0.5) is 0 Å². The van der Waals surface area contributed by atoms with Crippen LogP contribution in [0.25, 0.3) is 0 Å². The average molecular weight is 243 g/mol. The highest BCUT2D eigenvalue weighted by Crippen LogP contribution is 2.43. The highest BCUT2D eigenvalue weighted by molar-refractivity contribution is 7.89. The Balaban J connectivity index is 1.86. The molecule has 1 aliphatic heterocycles. The molecule has 3 rings (SSSR count). The van der Waals surface area contributed by atoms with E-state index in [2.05, 4.69) is 4.72 Å². The van der Waals surface area contributed by atoms with Crippen molar-refractivity contribution in [1.29, 1.82) is 0 Å². The molecule has 4 heteroatoms. The van der Waals surface area contributed by atoms with Gasteiger partial charge in [-0.1, -0.05) is 32.1 Å². The molecule has 4 atom stereocenters. The molecule has 92 valence electrons. The molecule has 2 saturated carbocycles. The van der Waals surface area contributed by atoms with Crippen molar-refractivity contribution in [3.8, 4) is 0 Å². The van der Waals surface area contributed by atoms with Crippen LogP contribution in [0.3, 0.4) is 0 Å². The van der Waals surface area contributed by atoms with Gasteiger partial charge in [-0.15, -0.1) is 0 Å². The smallest absolute Gasteiger partial charge is 0.212 e. The number of nitrogens with one attached hydrogen (secondary N) is 1. The van der Waals surface area contributed by atoms with Crippen molar-refractivity contribution >= 4 is 10.0 Å². The van der Waals surface area contributed by atoms with Crippen LogP contribution in [0.15, 0.2) is 0 Å². The fourth-order valence-corrected chi connectivity index (χ4v) is 5.96. The van der Waals surface area contributed by atoms with Gasteiger partial charge in [0.1, 0.15) is 0 Å². The van der Waals surface area contributed by atoms with E-state index in [1.54, 1.807) is 0 Å². The Bertz CT molecular complexity index is 365. The standard InChI is InChI=1S/C12H21NO2S/c14-16(15)8-10-6-3-5-9-4-1-2-7-11(9)12(10)13-16/h9-13H,1-8H2. The molecule has 1 N–H and O–H groups in total. The normalized spacial score (nSPS) is 46.8. The first-order valence-corrected chi connectivity index (χ1v) is 8.31. The van der Waals surface area contributed by atoms with E-state index in [1.807, 2.05) is 0 Å². The Morgan fingerprint density at radius 1 is 0.875 bits per heavy atom. The third kappa shape index (κ3) is 1.90. The van der Waals surface area contributed by atoms with Gasteiger partial charge in [0.05, 0.1) is 5.75 Å². The quantitative estimate of drug-likeness (QED) is 0.706. The maximum atomic E-state index is 11.7. The molecule has 0 aromatic carbocycles. The van der Waals surface area contributed by atoms with Crippen LogP contribution < -0.4 is 4.72 Å². The first-order valence-electron chi connectivity index (χ1n) is 6.66. The maximum absolute atomic E-state index is 11.7. The number of hydrogen-bond acceptors (Lipinski definition) is 2. The van der Waals surface area contributed by atoms with E-state index >= 15 is 0 Å². The molecule has 1 heterocycles. The molecule has 3 aliphatic rings. The Kier molecular flexibility index (Phi) is 2.75. The van der Waals surface area contributed by atoms with Crippen molar-refractivity contribution in [3.05, 3.63) is 0 Å². The van der Waals surface area contributed by atoms with Gasteiger partial charge in [-0.3, -0.25) is 0 Å². The molecular formula is C12H21NO2S. The molecule has 1 saturated heterocycles. The Labute approximate surface area is 98.0 Å². The van der Waals surface area contributed by atoms with Gasteiger partial charge >= 0.3 is 0 Å². The van der Waals surface area contributed by atoms with Crippen LogP contribution in [0.5, 0.6) is 0 Å². The van der Waals surface area contributed by atoms with E-state index in [4.69, 9.17) is 0 Å². The van der Waals surface area contributed by atoms with E-state index in [9.17, 15) is 8.42 Å². The molecule has 3 fully saturated rings. The lowest BCUT2D eigenvalue weighted by Gasteiger charge is -2.35. The van der Waals surface area contributed by atoms with E-state index in [0.717, 1.165) is 12.3 Å². The Hall–Kier alpha value is -0.0900. The van der Waals surface area contributed by atoms with Gasteiger partial charge < -0.3 is 0 Å². The summed E-state index contributed by atoms with van der Waals surface area (Å²) in [5.74, 6) is 2.22. The molecule has 2 aliphatic carbocycles. The van der Waals surface area contributed by atoms with Crippen LogP contribution in [0, 0.1) is 17.8 Å². The summed E-state index contributed by atoms with van der Waals surface area (Å²) in [5, 5.41) is 0. The summed E-state index contributed by atoms with van der Waals surface area (Å²) >= 11 is 0. The van der Waals surface area contributed by atoms with Crippen molar-refractivity contribution in [2.24, 2.45) is 17.8 Å². The summed E-state index contributed by atoms with van der Waals surface area (Å²) in [6, 6.07) is 0.276. The molecule has 4 unspecified atom stereocenters. The zero-order valence-corrected chi connectivity index (χ0v) is 10.5. The summed E-state index contributed by atoms with van der Waals surface area (Å²) in [5.41, 5.74) is 0. The van der Waals surface area contributed by atoms with Crippen LogP contribution in [0.1, 0.15) is 44.9 Å². The lowest BCUT2D eigenvalue weighted by atomic mass is 9.73. The molecule has 0 bridgehead atoms. The molecule has 0 aromatic rings. The monoisotopic (exact) mass is 243 g/mol. The van der Waals surface area contributed by atoms with E-state index in [1.165, 1.54) is 38.5 Å². The van der Waals surface area contributed by atoms with E-state index in [0.29, 0.717) is 17.6 Å². The molecule has 16 heavy (non-hydrogen) atoms. The topological polar surface area (TPSA) is 46.2 Å². The molecule has 0 aromatic heterocycles. The molecule has 0 radical (unpaired) electrons.